The average Bonchev–Trinajstić information content (AvgIpc) is 3.31. The Hall–Kier alpha value is -1.62. The second-order valence-corrected chi connectivity index (χ2v) is 5.93. The Kier molecular flexibility index (Phi) is 4.10. The number of hydrogen-bond acceptors (Lipinski definition) is 3. The lowest BCUT2D eigenvalue weighted by atomic mass is 10.2. The lowest BCUT2D eigenvalue weighted by Gasteiger charge is -2.38. The van der Waals surface area contributed by atoms with Gasteiger partial charge >= 0.3 is 0 Å². The van der Waals surface area contributed by atoms with Crippen LogP contribution in [0.2, 0.25) is 0 Å². The minimum absolute atomic E-state index is 0.103. The molecule has 1 aromatic carbocycles. The van der Waals surface area contributed by atoms with Crippen LogP contribution in [0.3, 0.4) is 0 Å². The first-order valence-electron chi connectivity index (χ1n) is 7.69. The molecule has 3 rings (SSSR count). The summed E-state index contributed by atoms with van der Waals surface area (Å²) < 4.78 is 13.8. The van der Waals surface area contributed by atoms with Crippen LogP contribution in [-0.2, 0) is 4.79 Å². The Bertz CT molecular complexity index is 510. The van der Waals surface area contributed by atoms with Crippen molar-refractivity contribution in [3.63, 3.8) is 0 Å². The molecule has 0 bridgehead atoms. The van der Waals surface area contributed by atoms with Crippen LogP contribution >= 0.6 is 0 Å². The van der Waals surface area contributed by atoms with Crippen molar-refractivity contribution in [2.75, 3.05) is 31.1 Å². The number of para-hydroxylation sites is 1. The van der Waals surface area contributed by atoms with Gasteiger partial charge in [0.1, 0.15) is 5.82 Å². The van der Waals surface area contributed by atoms with Crippen LogP contribution in [0.15, 0.2) is 24.3 Å². The number of carbonyl (C=O) groups is 1. The minimum Gasteiger partial charge on any atom is -0.367 e. The van der Waals surface area contributed by atoms with E-state index in [0.717, 1.165) is 39.0 Å². The lowest BCUT2D eigenvalue weighted by Crippen LogP contribution is -2.54. The third kappa shape index (κ3) is 3.35. The highest BCUT2D eigenvalue weighted by molar-refractivity contribution is 5.81. The van der Waals surface area contributed by atoms with E-state index in [9.17, 15) is 9.18 Å². The number of benzene rings is 1. The first-order chi connectivity index (χ1) is 10.1. The van der Waals surface area contributed by atoms with Crippen LogP contribution in [0.1, 0.15) is 19.8 Å². The van der Waals surface area contributed by atoms with E-state index in [-0.39, 0.29) is 17.8 Å². The van der Waals surface area contributed by atoms with E-state index < -0.39 is 0 Å². The third-order valence-electron chi connectivity index (χ3n) is 4.36. The Morgan fingerprint density at radius 1 is 1.24 bits per heavy atom. The molecule has 1 aliphatic carbocycles. The Labute approximate surface area is 124 Å². The number of anilines is 1. The zero-order chi connectivity index (χ0) is 14.8. The maximum Gasteiger partial charge on any atom is 0.237 e. The topological polar surface area (TPSA) is 35.6 Å². The molecule has 5 heteroatoms. The van der Waals surface area contributed by atoms with E-state index >= 15 is 0 Å². The number of hydrogen-bond donors (Lipinski definition) is 1. The molecule has 21 heavy (non-hydrogen) atoms. The summed E-state index contributed by atoms with van der Waals surface area (Å²) in [7, 11) is 0. The predicted octanol–water partition coefficient (Wildman–Crippen LogP) is 1.61. The van der Waals surface area contributed by atoms with Crippen molar-refractivity contribution in [2.45, 2.75) is 31.8 Å². The molecule has 0 spiro atoms. The molecular weight excluding hydrogens is 269 g/mol. The van der Waals surface area contributed by atoms with Gasteiger partial charge < -0.3 is 10.2 Å². The van der Waals surface area contributed by atoms with Crippen LogP contribution in [-0.4, -0.2) is 49.1 Å². The second kappa shape index (κ2) is 6.02. The summed E-state index contributed by atoms with van der Waals surface area (Å²) in [6, 6.07) is 7.17. The van der Waals surface area contributed by atoms with Gasteiger partial charge in [0.05, 0.1) is 11.7 Å². The van der Waals surface area contributed by atoms with Gasteiger partial charge in [-0.05, 0) is 31.9 Å². The highest BCUT2D eigenvalue weighted by atomic mass is 19.1. The van der Waals surface area contributed by atoms with Gasteiger partial charge in [0, 0.05) is 32.2 Å². The maximum atomic E-state index is 13.8. The van der Waals surface area contributed by atoms with Crippen LogP contribution < -0.4 is 10.2 Å². The number of piperazine rings is 1. The van der Waals surface area contributed by atoms with E-state index in [1.54, 1.807) is 6.07 Å². The smallest absolute Gasteiger partial charge is 0.237 e. The third-order valence-corrected chi connectivity index (χ3v) is 4.36. The van der Waals surface area contributed by atoms with Gasteiger partial charge in [0.25, 0.3) is 0 Å². The molecule has 114 valence electrons. The standard InChI is InChI=1S/C16H22FN3O/c1-12(16(21)18-13-6-7-13)19-8-10-20(11-9-19)15-5-3-2-4-14(15)17/h2-5,12-13H,6-11H2,1H3,(H,18,21)/t12-/m1/s1. The number of nitrogens with one attached hydrogen (secondary N) is 1. The molecule has 1 saturated heterocycles. The minimum atomic E-state index is -0.175. The van der Waals surface area contributed by atoms with Crippen molar-refractivity contribution >= 4 is 11.6 Å². The summed E-state index contributed by atoms with van der Waals surface area (Å²) in [6.45, 7) is 5.03. The number of rotatable bonds is 4. The summed E-state index contributed by atoms with van der Waals surface area (Å²) in [5.41, 5.74) is 0.659. The number of carbonyl (C=O) groups excluding carboxylic acids is 1. The van der Waals surface area contributed by atoms with Gasteiger partial charge in [0.15, 0.2) is 0 Å². The van der Waals surface area contributed by atoms with Crippen LogP contribution in [0.5, 0.6) is 0 Å². The molecule has 1 aliphatic heterocycles. The first kappa shape index (κ1) is 14.3. The van der Waals surface area contributed by atoms with Gasteiger partial charge in [-0.2, -0.15) is 0 Å². The summed E-state index contributed by atoms with van der Waals surface area (Å²) >= 11 is 0. The molecular formula is C16H22FN3O. The molecule has 0 aromatic heterocycles. The van der Waals surface area contributed by atoms with Crippen molar-refractivity contribution < 1.29 is 9.18 Å². The first-order valence-corrected chi connectivity index (χ1v) is 7.69. The molecule has 1 saturated carbocycles. The summed E-state index contributed by atoms with van der Waals surface area (Å²) in [4.78, 5) is 16.3. The molecule has 4 nitrogen and oxygen atoms in total. The highest BCUT2D eigenvalue weighted by Gasteiger charge is 2.30. The molecule has 2 fully saturated rings. The van der Waals surface area contributed by atoms with Gasteiger partial charge in [-0.1, -0.05) is 12.1 Å². The average molecular weight is 291 g/mol. The maximum absolute atomic E-state index is 13.8. The van der Waals surface area contributed by atoms with Crippen LogP contribution in [0.4, 0.5) is 10.1 Å². The molecule has 1 amide bonds. The number of halogens is 1. The van der Waals surface area contributed by atoms with E-state index in [2.05, 4.69) is 15.1 Å². The predicted molar refractivity (Wildman–Crippen MR) is 80.8 cm³/mol. The van der Waals surface area contributed by atoms with Gasteiger partial charge in [-0.25, -0.2) is 4.39 Å². The molecule has 1 heterocycles. The Morgan fingerprint density at radius 3 is 2.52 bits per heavy atom. The Balaban J connectivity index is 1.54. The van der Waals surface area contributed by atoms with Gasteiger partial charge in [0.2, 0.25) is 5.91 Å². The molecule has 0 unspecified atom stereocenters. The Morgan fingerprint density at radius 2 is 1.90 bits per heavy atom. The fourth-order valence-corrected chi connectivity index (χ4v) is 2.77. The van der Waals surface area contributed by atoms with E-state index in [1.165, 1.54) is 6.07 Å². The summed E-state index contributed by atoms with van der Waals surface area (Å²) in [5.74, 6) is -0.0534. The van der Waals surface area contributed by atoms with E-state index in [0.29, 0.717) is 11.7 Å². The number of nitrogens with zero attached hydrogens (tertiary/aromatic N) is 2. The van der Waals surface area contributed by atoms with Crippen LogP contribution in [0, 0.1) is 5.82 Å². The molecule has 1 atom stereocenters. The molecule has 1 aromatic rings. The fraction of sp³-hybridized carbons (Fsp3) is 0.562. The van der Waals surface area contributed by atoms with Crippen molar-refractivity contribution in [1.82, 2.24) is 10.2 Å². The van der Waals surface area contributed by atoms with Gasteiger partial charge in [-0.15, -0.1) is 0 Å². The fourth-order valence-electron chi connectivity index (χ4n) is 2.77. The highest BCUT2D eigenvalue weighted by Crippen LogP contribution is 2.22. The van der Waals surface area contributed by atoms with Crippen molar-refractivity contribution in [2.24, 2.45) is 0 Å². The van der Waals surface area contributed by atoms with E-state index in [1.807, 2.05) is 19.1 Å². The normalized spacial score (nSPS) is 21.1. The van der Waals surface area contributed by atoms with Crippen LogP contribution in [0.25, 0.3) is 0 Å². The zero-order valence-electron chi connectivity index (χ0n) is 12.4. The molecule has 2 aliphatic rings. The number of amides is 1. The second-order valence-electron chi connectivity index (χ2n) is 5.93. The zero-order valence-corrected chi connectivity index (χ0v) is 12.4. The molecule has 1 N–H and O–H groups in total. The largest absolute Gasteiger partial charge is 0.367 e. The van der Waals surface area contributed by atoms with Crippen molar-refractivity contribution in [1.29, 1.82) is 0 Å². The molecule has 0 radical (unpaired) electrons. The van der Waals surface area contributed by atoms with Crippen molar-refractivity contribution in [3.8, 4) is 0 Å². The SMILES string of the molecule is C[C@H](C(=O)NC1CC1)N1CCN(c2ccccc2F)CC1. The summed E-state index contributed by atoms with van der Waals surface area (Å²) in [6.07, 6.45) is 2.22. The lowest BCUT2D eigenvalue weighted by molar-refractivity contribution is -0.126. The van der Waals surface area contributed by atoms with Gasteiger partial charge in [-0.3, -0.25) is 9.69 Å². The monoisotopic (exact) mass is 291 g/mol. The quantitative estimate of drug-likeness (QED) is 0.915. The van der Waals surface area contributed by atoms with Crippen molar-refractivity contribution in [3.05, 3.63) is 30.1 Å². The summed E-state index contributed by atoms with van der Waals surface area (Å²) in [5, 5.41) is 3.05. The van der Waals surface area contributed by atoms with E-state index in [4.69, 9.17) is 0 Å².